The van der Waals surface area contributed by atoms with Crippen molar-refractivity contribution in [2.45, 2.75) is 0 Å². The van der Waals surface area contributed by atoms with Crippen molar-refractivity contribution in [3.63, 3.8) is 0 Å². The van der Waals surface area contributed by atoms with Gasteiger partial charge >= 0.3 is 0 Å². The second-order valence-electron chi connectivity index (χ2n) is 14.0. The highest BCUT2D eigenvalue weighted by atomic mass is 32.1. The van der Waals surface area contributed by atoms with Gasteiger partial charge in [-0.05, 0) is 78.9 Å². The number of oxazole rings is 1. The summed E-state index contributed by atoms with van der Waals surface area (Å²) < 4.78 is 17.8. The summed E-state index contributed by atoms with van der Waals surface area (Å²) in [5.41, 5.74) is 10.6. The Morgan fingerprint density at radius 1 is 0.473 bits per heavy atom. The zero-order valence-electron chi connectivity index (χ0n) is 29.3. The molecule has 0 radical (unpaired) electrons. The van der Waals surface area contributed by atoms with Crippen LogP contribution in [0.3, 0.4) is 0 Å². The maximum absolute atomic E-state index is 6.66. The fraction of sp³-hybridized carbons (Fsp3) is 0. The lowest BCUT2D eigenvalue weighted by atomic mass is 10.1. The molecule has 55 heavy (non-hydrogen) atoms. The maximum atomic E-state index is 6.66. The number of nitrogens with zero attached hydrogens (tertiary/aromatic N) is 3. The molecule has 0 saturated carbocycles. The second-order valence-corrected chi connectivity index (χ2v) is 15.0. The number of thiophene rings is 1. The van der Waals surface area contributed by atoms with Crippen LogP contribution in [-0.2, 0) is 0 Å². The topological polar surface area (TPSA) is 47.3 Å². The van der Waals surface area contributed by atoms with Crippen LogP contribution in [0.25, 0.3) is 92.2 Å². The van der Waals surface area contributed by atoms with Crippen molar-refractivity contribution in [1.82, 2.24) is 9.55 Å². The van der Waals surface area contributed by atoms with Gasteiger partial charge in [-0.2, -0.15) is 0 Å². The third-order valence-electron chi connectivity index (χ3n) is 10.8. The van der Waals surface area contributed by atoms with E-state index in [9.17, 15) is 0 Å². The van der Waals surface area contributed by atoms with E-state index in [-0.39, 0.29) is 0 Å². The molecule has 0 aliphatic rings. The third-order valence-corrected chi connectivity index (χ3v) is 11.9. The molecule has 6 heteroatoms. The van der Waals surface area contributed by atoms with Gasteiger partial charge in [0.1, 0.15) is 16.7 Å². The van der Waals surface area contributed by atoms with Crippen molar-refractivity contribution in [1.29, 1.82) is 0 Å². The Morgan fingerprint density at radius 2 is 1.18 bits per heavy atom. The van der Waals surface area contributed by atoms with E-state index in [0.717, 1.165) is 66.8 Å². The van der Waals surface area contributed by atoms with Crippen LogP contribution in [0, 0.1) is 0 Å². The van der Waals surface area contributed by atoms with Crippen LogP contribution in [0.15, 0.2) is 185 Å². The van der Waals surface area contributed by atoms with E-state index in [1.807, 2.05) is 47.7 Å². The molecule has 12 rings (SSSR count). The molecule has 5 nitrogen and oxygen atoms in total. The number of hydrogen-bond donors (Lipinski definition) is 0. The van der Waals surface area contributed by atoms with E-state index in [2.05, 4.69) is 149 Å². The molecule has 0 atom stereocenters. The van der Waals surface area contributed by atoms with Gasteiger partial charge in [-0.25, -0.2) is 4.98 Å². The van der Waals surface area contributed by atoms with Gasteiger partial charge in [0.05, 0.1) is 16.7 Å². The number of para-hydroxylation sites is 3. The van der Waals surface area contributed by atoms with Crippen molar-refractivity contribution >= 4 is 103 Å². The zero-order valence-corrected chi connectivity index (χ0v) is 30.1. The van der Waals surface area contributed by atoms with Gasteiger partial charge < -0.3 is 18.3 Å². The summed E-state index contributed by atoms with van der Waals surface area (Å²) in [4.78, 5) is 7.24. The summed E-state index contributed by atoms with van der Waals surface area (Å²) in [6.45, 7) is 0. The smallest absolute Gasteiger partial charge is 0.227 e. The molecule has 0 fully saturated rings. The highest BCUT2D eigenvalue weighted by molar-refractivity contribution is 7.25. The zero-order chi connectivity index (χ0) is 36.0. The molecule has 0 aliphatic heterocycles. The molecule has 0 aliphatic carbocycles. The third kappa shape index (κ3) is 4.62. The highest BCUT2D eigenvalue weighted by Crippen LogP contribution is 2.46. The van der Waals surface area contributed by atoms with E-state index in [4.69, 9.17) is 13.8 Å². The van der Waals surface area contributed by atoms with Gasteiger partial charge in [-0.1, -0.05) is 84.9 Å². The van der Waals surface area contributed by atoms with E-state index in [0.29, 0.717) is 11.5 Å². The van der Waals surface area contributed by atoms with Crippen LogP contribution in [0.1, 0.15) is 0 Å². The maximum Gasteiger partial charge on any atom is 0.227 e. The number of aromatic nitrogens is 2. The number of anilines is 3. The van der Waals surface area contributed by atoms with Gasteiger partial charge in [-0.3, -0.25) is 0 Å². The van der Waals surface area contributed by atoms with Crippen LogP contribution in [0.4, 0.5) is 17.1 Å². The van der Waals surface area contributed by atoms with Crippen molar-refractivity contribution in [3.05, 3.63) is 176 Å². The minimum absolute atomic E-state index is 0.600. The van der Waals surface area contributed by atoms with Gasteiger partial charge in [-0.15, -0.1) is 11.3 Å². The summed E-state index contributed by atoms with van der Waals surface area (Å²) in [6, 6.07) is 62.2. The van der Waals surface area contributed by atoms with Crippen molar-refractivity contribution in [2.24, 2.45) is 0 Å². The van der Waals surface area contributed by atoms with Crippen LogP contribution in [-0.4, -0.2) is 9.55 Å². The van der Waals surface area contributed by atoms with Gasteiger partial charge in [0.2, 0.25) is 5.89 Å². The molecule has 0 saturated heterocycles. The predicted octanol–water partition coefficient (Wildman–Crippen LogP) is 14.3. The molecule has 0 N–H and O–H groups in total. The first-order chi connectivity index (χ1) is 27.2. The first-order valence-electron chi connectivity index (χ1n) is 18.4. The normalized spacial score (nSPS) is 12.0. The Labute approximate surface area is 318 Å². The Bertz CT molecular complexity index is 3450. The monoisotopic (exact) mass is 723 g/mol. The first kappa shape index (κ1) is 30.3. The molecular weight excluding hydrogens is 695 g/mol. The van der Waals surface area contributed by atoms with Crippen molar-refractivity contribution in [3.8, 4) is 17.1 Å². The average molecular weight is 724 g/mol. The number of benzene rings is 8. The van der Waals surface area contributed by atoms with Gasteiger partial charge in [0.25, 0.3) is 0 Å². The molecule has 12 aromatic rings. The molecule has 4 heterocycles. The molecule has 0 bridgehead atoms. The Morgan fingerprint density at radius 3 is 2.07 bits per heavy atom. The molecular formula is C49H29N3O2S. The second kappa shape index (κ2) is 11.7. The first-order valence-corrected chi connectivity index (χ1v) is 19.2. The number of hydrogen-bond acceptors (Lipinski definition) is 5. The van der Waals surface area contributed by atoms with E-state index >= 15 is 0 Å². The summed E-state index contributed by atoms with van der Waals surface area (Å²) >= 11 is 1.83. The fourth-order valence-electron chi connectivity index (χ4n) is 8.34. The standard InChI is InChI=1S/C49H29N3O2S/c1-3-12-30(13-4-1)49-50-40-28-38-35-24-22-33(27-43(35)53-44(38)29-45(40)54-49)51(32-23-25-47-39(26-32)36-17-8-10-21-46(36)55-47)42-20-11-18-37-34-16-7-9-19-41(34)52(48(37)42)31-14-5-2-6-15-31/h1-29H. The molecule has 4 aromatic heterocycles. The minimum Gasteiger partial charge on any atom is -0.456 e. The SMILES string of the molecule is c1ccc(-c2nc3cc4c(cc3o2)oc2cc(N(c3ccc5sc6ccccc6c5c3)c3cccc5c6ccccc6n(-c6ccccc6)c35)ccc24)cc1. The quantitative estimate of drug-likeness (QED) is 0.177. The number of fused-ring (bicyclic) bond motifs is 10. The lowest BCUT2D eigenvalue weighted by molar-refractivity contribution is 0.617. The predicted molar refractivity (Wildman–Crippen MR) is 229 cm³/mol. The fourth-order valence-corrected chi connectivity index (χ4v) is 9.42. The van der Waals surface area contributed by atoms with Crippen molar-refractivity contribution < 1.29 is 8.83 Å². The highest BCUT2D eigenvalue weighted by Gasteiger charge is 2.23. The van der Waals surface area contributed by atoms with E-state index < -0.39 is 0 Å². The van der Waals surface area contributed by atoms with Crippen molar-refractivity contribution in [2.75, 3.05) is 4.90 Å². The van der Waals surface area contributed by atoms with Crippen LogP contribution in [0.2, 0.25) is 0 Å². The lowest BCUT2D eigenvalue weighted by Gasteiger charge is -2.27. The molecule has 0 amide bonds. The lowest BCUT2D eigenvalue weighted by Crippen LogP contribution is -2.11. The minimum atomic E-state index is 0.600. The number of rotatable bonds is 5. The Balaban J connectivity index is 1.11. The van der Waals surface area contributed by atoms with E-state index in [1.165, 1.54) is 30.9 Å². The summed E-state index contributed by atoms with van der Waals surface area (Å²) in [7, 11) is 0. The van der Waals surface area contributed by atoms with Crippen LogP contribution in [0.5, 0.6) is 0 Å². The molecule has 0 spiro atoms. The van der Waals surface area contributed by atoms with Crippen LogP contribution < -0.4 is 4.90 Å². The molecule has 258 valence electrons. The summed E-state index contributed by atoms with van der Waals surface area (Å²) in [5, 5.41) is 6.95. The Hall–Kier alpha value is -7.15. The largest absolute Gasteiger partial charge is 0.456 e. The van der Waals surface area contributed by atoms with Crippen LogP contribution >= 0.6 is 11.3 Å². The van der Waals surface area contributed by atoms with Gasteiger partial charge in [0.15, 0.2) is 5.58 Å². The van der Waals surface area contributed by atoms with E-state index in [1.54, 1.807) is 0 Å². The Kier molecular flexibility index (Phi) is 6.44. The summed E-state index contributed by atoms with van der Waals surface area (Å²) in [5.74, 6) is 0.600. The average Bonchev–Trinajstić information content (AvgIpc) is 4.01. The molecule has 8 aromatic carbocycles. The van der Waals surface area contributed by atoms with Gasteiger partial charge in [0, 0.05) is 76.5 Å². The summed E-state index contributed by atoms with van der Waals surface area (Å²) in [6.07, 6.45) is 0. The molecule has 0 unspecified atom stereocenters. The number of furan rings is 1.